The summed E-state index contributed by atoms with van der Waals surface area (Å²) in [6.45, 7) is 2.83. The van der Waals surface area contributed by atoms with E-state index in [0.29, 0.717) is 23.9 Å². The van der Waals surface area contributed by atoms with Gasteiger partial charge in [-0.3, -0.25) is 9.67 Å². The molecule has 0 aliphatic heterocycles. The van der Waals surface area contributed by atoms with Gasteiger partial charge in [0.25, 0.3) is 0 Å². The van der Waals surface area contributed by atoms with E-state index in [1.54, 1.807) is 10.9 Å². The van der Waals surface area contributed by atoms with E-state index in [4.69, 9.17) is 22.1 Å². The van der Waals surface area contributed by atoms with Gasteiger partial charge in [0.1, 0.15) is 12.4 Å². The summed E-state index contributed by atoms with van der Waals surface area (Å²) in [7, 11) is 1.85. The Bertz CT molecular complexity index is 551. The SMILES string of the molecule is Cc1nn(C)c(COc2ccc(CCN)nc2)c1Cl. The first-order chi connectivity index (χ1) is 9.11. The number of nitrogens with zero attached hydrogens (tertiary/aromatic N) is 3. The number of aryl methyl sites for hydroxylation is 2. The van der Waals surface area contributed by atoms with Crippen molar-refractivity contribution in [3.8, 4) is 5.75 Å². The highest BCUT2D eigenvalue weighted by Gasteiger charge is 2.11. The minimum absolute atomic E-state index is 0.369. The van der Waals surface area contributed by atoms with E-state index >= 15 is 0 Å². The molecule has 102 valence electrons. The Morgan fingerprint density at radius 2 is 2.21 bits per heavy atom. The van der Waals surface area contributed by atoms with Crippen LogP contribution in [0.25, 0.3) is 0 Å². The van der Waals surface area contributed by atoms with E-state index in [0.717, 1.165) is 23.5 Å². The van der Waals surface area contributed by atoms with E-state index in [-0.39, 0.29) is 0 Å². The Hall–Kier alpha value is -1.59. The first-order valence-electron chi connectivity index (χ1n) is 6.07. The van der Waals surface area contributed by atoms with E-state index in [9.17, 15) is 0 Å². The van der Waals surface area contributed by atoms with Crippen LogP contribution in [0.5, 0.6) is 5.75 Å². The van der Waals surface area contributed by atoms with Crippen LogP contribution in [-0.2, 0) is 20.1 Å². The Labute approximate surface area is 117 Å². The van der Waals surface area contributed by atoms with Gasteiger partial charge in [0, 0.05) is 19.2 Å². The second-order valence-corrected chi connectivity index (χ2v) is 4.66. The Balaban J connectivity index is 2.02. The van der Waals surface area contributed by atoms with Crippen molar-refractivity contribution >= 4 is 11.6 Å². The topological polar surface area (TPSA) is 66.0 Å². The summed E-state index contributed by atoms with van der Waals surface area (Å²) in [4.78, 5) is 4.27. The van der Waals surface area contributed by atoms with Gasteiger partial charge in [-0.2, -0.15) is 5.10 Å². The summed E-state index contributed by atoms with van der Waals surface area (Å²) in [5, 5.41) is 4.88. The van der Waals surface area contributed by atoms with Crippen molar-refractivity contribution in [1.82, 2.24) is 14.8 Å². The molecule has 0 aliphatic carbocycles. The van der Waals surface area contributed by atoms with Gasteiger partial charge in [-0.25, -0.2) is 0 Å². The van der Waals surface area contributed by atoms with Crippen LogP contribution < -0.4 is 10.5 Å². The van der Waals surface area contributed by atoms with Crippen LogP contribution in [0.4, 0.5) is 0 Å². The smallest absolute Gasteiger partial charge is 0.138 e. The summed E-state index contributed by atoms with van der Waals surface area (Å²) >= 11 is 6.15. The molecule has 0 fully saturated rings. The highest BCUT2D eigenvalue weighted by Crippen LogP contribution is 2.21. The first-order valence-corrected chi connectivity index (χ1v) is 6.45. The molecular weight excluding hydrogens is 264 g/mol. The lowest BCUT2D eigenvalue weighted by Gasteiger charge is -2.07. The lowest BCUT2D eigenvalue weighted by Crippen LogP contribution is -2.05. The summed E-state index contributed by atoms with van der Waals surface area (Å²) in [6.07, 6.45) is 2.47. The average molecular weight is 281 g/mol. The fourth-order valence-corrected chi connectivity index (χ4v) is 2.00. The minimum Gasteiger partial charge on any atom is -0.486 e. The maximum absolute atomic E-state index is 6.15. The molecule has 0 aromatic carbocycles. The van der Waals surface area contributed by atoms with E-state index in [1.807, 2.05) is 26.1 Å². The molecule has 5 nitrogen and oxygen atoms in total. The van der Waals surface area contributed by atoms with Crippen molar-refractivity contribution in [2.75, 3.05) is 6.54 Å². The maximum Gasteiger partial charge on any atom is 0.138 e. The van der Waals surface area contributed by atoms with Crippen LogP contribution in [0.3, 0.4) is 0 Å². The molecule has 2 aromatic heterocycles. The Kier molecular flexibility index (Phi) is 4.39. The van der Waals surface area contributed by atoms with Crippen molar-refractivity contribution in [1.29, 1.82) is 0 Å². The molecule has 0 amide bonds. The zero-order chi connectivity index (χ0) is 13.8. The van der Waals surface area contributed by atoms with Gasteiger partial charge < -0.3 is 10.5 Å². The maximum atomic E-state index is 6.15. The Morgan fingerprint density at radius 1 is 1.42 bits per heavy atom. The zero-order valence-corrected chi connectivity index (χ0v) is 11.8. The van der Waals surface area contributed by atoms with Gasteiger partial charge in [-0.05, 0) is 25.6 Å². The molecule has 0 unspecified atom stereocenters. The summed E-state index contributed by atoms with van der Waals surface area (Å²) in [6, 6.07) is 3.80. The zero-order valence-electron chi connectivity index (χ0n) is 11.1. The molecule has 0 saturated carbocycles. The molecule has 2 rings (SSSR count). The van der Waals surface area contributed by atoms with Gasteiger partial charge in [0.05, 0.1) is 22.6 Å². The number of nitrogens with two attached hydrogens (primary N) is 1. The molecule has 2 N–H and O–H groups in total. The second-order valence-electron chi connectivity index (χ2n) is 4.28. The average Bonchev–Trinajstić information content (AvgIpc) is 2.64. The quantitative estimate of drug-likeness (QED) is 0.908. The molecule has 19 heavy (non-hydrogen) atoms. The molecule has 0 saturated heterocycles. The monoisotopic (exact) mass is 280 g/mol. The molecule has 6 heteroatoms. The molecule has 0 atom stereocenters. The molecule has 2 aromatic rings. The third-order valence-electron chi connectivity index (χ3n) is 2.84. The van der Waals surface area contributed by atoms with Crippen LogP contribution in [0.1, 0.15) is 17.1 Å². The van der Waals surface area contributed by atoms with Gasteiger partial charge in [0.2, 0.25) is 0 Å². The van der Waals surface area contributed by atoms with Crippen molar-refractivity contribution in [3.63, 3.8) is 0 Å². The summed E-state index contributed by atoms with van der Waals surface area (Å²) in [5.41, 5.74) is 8.09. The fraction of sp³-hybridized carbons (Fsp3) is 0.385. The number of ether oxygens (including phenoxy) is 1. The highest BCUT2D eigenvalue weighted by atomic mass is 35.5. The lowest BCUT2D eigenvalue weighted by atomic mass is 10.3. The molecule has 0 radical (unpaired) electrons. The molecule has 0 spiro atoms. The van der Waals surface area contributed by atoms with Gasteiger partial charge in [-0.15, -0.1) is 0 Å². The summed E-state index contributed by atoms with van der Waals surface area (Å²) < 4.78 is 7.39. The van der Waals surface area contributed by atoms with Crippen LogP contribution in [0.2, 0.25) is 5.02 Å². The molecule has 0 bridgehead atoms. The number of aromatic nitrogens is 3. The second kappa shape index (κ2) is 6.04. The molecule has 2 heterocycles. The molecule has 0 aliphatic rings. The standard InChI is InChI=1S/C13H17ClN4O/c1-9-13(14)12(18(2)17-9)8-19-11-4-3-10(5-6-15)16-7-11/h3-4,7H,5-6,8,15H2,1-2H3. The van der Waals surface area contributed by atoms with Crippen molar-refractivity contribution in [2.24, 2.45) is 12.8 Å². The van der Waals surface area contributed by atoms with Gasteiger partial charge >= 0.3 is 0 Å². The number of hydrogen-bond acceptors (Lipinski definition) is 4. The number of halogens is 1. The van der Waals surface area contributed by atoms with Crippen LogP contribution in [0.15, 0.2) is 18.3 Å². The predicted octanol–water partition coefficient (Wildman–Crippen LogP) is 1.86. The highest BCUT2D eigenvalue weighted by molar-refractivity contribution is 6.31. The van der Waals surface area contributed by atoms with Crippen molar-refractivity contribution in [2.45, 2.75) is 20.0 Å². The Morgan fingerprint density at radius 3 is 2.74 bits per heavy atom. The van der Waals surface area contributed by atoms with Crippen LogP contribution in [-0.4, -0.2) is 21.3 Å². The predicted molar refractivity (Wildman–Crippen MR) is 74.3 cm³/mol. The third kappa shape index (κ3) is 3.24. The first kappa shape index (κ1) is 13.8. The normalized spacial score (nSPS) is 10.7. The van der Waals surface area contributed by atoms with Gasteiger partial charge in [0.15, 0.2) is 0 Å². The van der Waals surface area contributed by atoms with Crippen molar-refractivity contribution < 1.29 is 4.74 Å². The van der Waals surface area contributed by atoms with Crippen molar-refractivity contribution in [3.05, 3.63) is 40.4 Å². The van der Waals surface area contributed by atoms with E-state index in [2.05, 4.69) is 10.1 Å². The third-order valence-corrected chi connectivity index (χ3v) is 3.33. The number of rotatable bonds is 5. The fourth-order valence-electron chi connectivity index (χ4n) is 1.78. The van der Waals surface area contributed by atoms with Gasteiger partial charge in [-0.1, -0.05) is 11.6 Å². The lowest BCUT2D eigenvalue weighted by molar-refractivity contribution is 0.293. The van der Waals surface area contributed by atoms with E-state index < -0.39 is 0 Å². The largest absolute Gasteiger partial charge is 0.486 e. The molecular formula is C13H17ClN4O. The number of hydrogen-bond donors (Lipinski definition) is 1. The van der Waals surface area contributed by atoms with Crippen LogP contribution >= 0.6 is 11.6 Å². The minimum atomic E-state index is 0.369. The van der Waals surface area contributed by atoms with Crippen LogP contribution in [0, 0.1) is 6.92 Å². The number of pyridine rings is 1. The summed E-state index contributed by atoms with van der Waals surface area (Å²) in [5.74, 6) is 0.704. The van der Waals surface area contributed by atoms with E-state index in [1.165, 1.54) is 0 Å².